The van der Waals surface area contributed by atoms with Crippen LogP contribution in [0.5, 0.6) is 11.6 Å². The van der Waals surface area contributed by atoms with Crippen molar-refractivity contribution in [1.82, 2.24) is 9.97 Å². The van der Waals surface area contributed by atoms with Crippen LogP contribution in [0.2, 0.25) is 5.02 Å². The Morgan fingerprint density at radius 3 is 2.40 bits per heavy atom. The van der Waals surface area contributed by atoms with E-state index in [2.05, 4.69) is 41.2 Å². The molecule has 128 valence electrons. The predicted molar refractivity (Wildman–Crippen MR) is 100 cm³/mol. The third-order valence-electron chi connectivity index (χ3n) is 3.84. The lowest BCUT2D eigenvalue weighted by atomic mass is 10.0. The van der Waals surface area contributed by atoms with Gasteiger partial charge in [0.25, 0.3) is 0 Å². The van der Waals surface area contributed by atoms with Gasteiger partial charge >= 0.3 is 0 Å². The summed E-state index contributed by atoms with van der Waals surface area (Å²) in [6.07, 6.45) is 2.34. The van der Waals surface area contributed by atoms with Crippen LogP contribution in [0, 0.1) is 13.8 Å². The zero-order valence-corrected chi connectivity index (χ0v) is 15.0. The lowest BCUT2D eigenvalue weighted by molar-refractivity contribution is 0.443. The van der Waals surface area contributed by atoms with Gasteiger partial charge in [0.1, 0.15) is 11.4 Å². The SMILES string of the molecule is Cc1ccc(CC(N)c2nc(C)cnc2Oc2ccc(Cl)cc2)cc1. The van der Waals surface area contributed by atoms with Crippen molar-refractivity contribution in [2.75, 3.05) is 0 Å². The van der Waals surface area contributed by atoms with Crippen LogP contribution >= 0.6 is 11.6 Å². The Morgan fingerprint density at radius 2 is 1.72 bits per heavy atom. The smallest absolute Gasteiger partial charge is 0.242 e. The van der Waals surface area contributed by atoms with Crippen LogP contribution in [0.4, 0.5) is 0 Å². The van der Waals surface area contributed by atoms with Crippen molar-refractivity contribution in [3.05, 3.63) is 82.3 Å². The summed E-state index contributed by atoms with van der Waals surface area (Å²) in [7, 11) is 0. The fourth-order valence-electron chi connectivity index (χ4n) is 2.49. The molecule has 0 aliphatic heterocycles. The van der Waals surface area contributed by atoms with Crippen LogP contribution < -0.4 is 10.5 Å². The van der Waals surface area contributed by atoms with Crippen molar-refractivity contribution in [3.63, 3.8) is 0 Å². The van der Waals surface area contributed by atoms with Crippen LogP contribution in [0.15, 0.2) is 54.7 Å². The Morgan fingerprint density at radius 1 is 1.04 bits per heavy atom. The van der Waals surface area contributed by atoms with Crippen LogP contribution in [-0.4, -0.2) is 9.97 Å². The van der Waals surface area contributed by atoms with Crippen molar-refractivity contribution in [3.8, 4) is 11.6 Å². The molecule has 0 amide bonds. The number of hydrogen-bond acceptors (Lipinski definition) is 4. The molecule has 4 nitrogen and oxygen atoms in total. The van der Waals surface area contributed by atoms with E-state index in [9.17, 15) is 0 Å². The molecule has 0 bridgehead atoms. The Balaban J connectivity index is 1.85. The highest BCUT2D eigenvalue weighted by Gasteiger charge is 2.17. The number of aromatic nitrogens is 2. The molecule has 1 heterocycles. The first kappa shape index (κ1) is 17.4. The molecule has 3 rings (SSSR count). The highest BCUT2D eigenvalue weighted by molar-refractivity contribution is 6.30. The predicted octanol–water partition coefficient (Wildman–Crippen LogP) is 4.78. The molecule has 2 aromatic carbocycles. The summed E-state index contributed by atoms with van der Waals surface area (Å²) in [5.74, 6) is 1.07. The molecule has 25 heavy (non-hydrogen) atoms. The van der Waals surface area contributed by atoms with E-state index in [-0.39, 0.29) is 6.04 Å². The molecule has 0 aliphatic carbocycles. The van der Waals surface area contributed by atoms with Crippen LogP contribution in [-0.2, 0) is 6.42 Å². The number of benzene rings is 2. The second-order valence-corrected chi connectivity index (χ2v) is 6.49. The van der Waals surface area contributed by atoms with E-state index in [4.69, 9.17) is 22.1 Å². The lowest BCUT2D eigenvalue weighted by Gasteiger charge is -2.16. The molecule has 0 radical (unpaired) electrons. The van der Waals surface area contributed by atoms with Gasteiger partial charge in [-0.1, -0.05) is 41.4 Å². The van der Waals surface area contributed by atoms with Gasteiger partial charge in [0.15, 0.2) is 0 Å². The molecule has 0 fully saturated rings. The fourth-order valence-corrected chi connectivity index (χ4v) is 2.62. The Labute approximate surface area is 152 Å². The van der Waals surface area contributed by atoms with Crippen LogP contribution in [0.25, 0.3) is 0 Å². The molecule has 0 aliphatic rings. The summed E-state index contributed by atoms with van der Waals surface area (Å²) in [6.45, 7) is 3.95. The van der Waals surface area contributed by atoms with Crippen molar-refractivity contribution in [2.24, 2.45) is 5.73 Å². The molecule has 0 spiro atoms. The van der Waals surface area contributed by atoms with E-state index in [0.29, 0.717) is 28.8 Å². The molecule has 0 saturated heterocycles. The Bertz CT molecular complexity index is 848. The minimum atomic E-state index is -0.308. The van der Waals surface area contributed by atoms with Crippen molar-refractivity contribution < 1.29 is 4.74 Å². The van der Waals surface area contributed by atoms with Gasteiger partial charge in [-0.2, -0.15) is 0 Å². The van der Waals surface area contributed by atoms with E-state index in [1.165, 1.54) is 5.56 Å². The molecule has 3 aromatic rings. The Hall–Kier alpha value is -2.43. The van der Waals surface area contributed by atoms with E-state index in [1.807, 2.05) is 6.92 Å². The van der Waals surface area contributed by atoms with Gasteiger partial charge in [-0.15, -0.1) is 0 Å². The average Bonchev–Trinajstić information content (AvgIpc) is 2.60. The number of nitrogens with zero attached hydrogens (tertiary/aromatic N) is 2. The third-order valence-corrected chi connectivity index (χ3v) is 4.09. The average molecular weight is 354 g/mol. The lowest BCUT2D eigenvalue weighted by Crippen LogP contribution is -2.17. The molecular weight excluding hydrogens is 334 g/mol. The highest BCUT2D eigenvalue weighted by Crippen LogP contribution is 2.28. The maximum Gasteiger partial charge on any atom is 0.242 e. The number of halogens is 1. The summed E-state index contributed by atoms with van der Waals surface area (Å²) < 4.78 is 5.89. The van der Waals surface area contributed by atoms with E-state index < -0.39 is 0 Å². The zero-order chi connectivity index (χ0) is 17.8. The number of hydrogen-bond donors (Lipinski definition) is 1. The summed E-state index contributed by atoms with van der Waals surface area (Å²) in [5.41, 5.74) is 10.2. The topological polar surface area (TPSA) is 61.0 Å². The molecule has 1 unspecified atom stereocenters. The summed E-state index contributed by atoms with van der Waals surface area (Å²) >= 11 is 5.91. The minimum Gasteiger partial charge on any atom is -0.437 e. The first-order valence-corrected chi connectivity index (χ1v) is 8.47. The quantitative estimate of drug-likeness (QED) is 0.716. The molecule has 0 saturated carbocycles. The van der Waals surface area contributed by atoms with E-state index in [1.54, 1.807) is 30.5 Å². The monoisotopic (exact) mass is 353 g/mol. The maximum absolute atomic E-state index is 6.41. The first-order valence-electron chi connectivity index (χ1n) is 8.09. The highest BCUT2D eigenvalue weighted by atomic mass is 35.5. The maximum atomic E-state index is 6.41. The Kier molecular flexibility index (Phi) is 5.31. The summed E-state index contributed by atoms with van der Waals surface area (Å²) in [5, 5.41) is 0.652. The van der Waals surface area contributed by atoms with Crippen molar-refractivity contribution in [2.45, 2.75) is 26.3 Å². The zero-order valence-electron chi connectivity index (χ0n) is 14.2. The minimum absolute atomic E-state index is 0.308. The molecular formula is C20H20ClN3O. The molecule has 1 aromatic heterocycles. The molecule has 2 N–H and O–H groups in total. The van der Waals surface area contributed by atoms with Gasteiger partial charge < -0.3 is 10.5 Å². The number of nitrogens with two attached hydrogens (primary N) is 1. The third kappa shape index (κ3) is 4.56. The molecule has 1 atom stereocenters. The van der Waals surface area contributed by atoms with E-state index >= 15 is 0 Å². The van der Waals surface area contributed by atoms with Crippen molar-refractivity contribution in [1.29, 1.82) is 0 Å². The fraction of sp³-hybridized carbons (Fsp3) is 0.200. The number of ether oxygens (including phenoxy) is 1. The largest absolute Gasteiger partial charge is 0.437 e. The standard InChI is InChI=1S/C20H20ClN3O/c1-13-3-5-15(6-4-13)11-18(22)19-20(23-12-14(2)24-19)25-17-9-7-16(21)8-10-17/h3-10,12,18H,11,22H2,1-2H3. The van der Waals surface area contributed by atoms with Crippen LogP contribution in [0.3, 0.4) is 0 Å². The van der Waals surface area contributed by atoms with Gasteiger partial charge in [-0.25, -0.2) is 9.97 Å². The molecule has 5 heteroatoms. The van der Waals surface area contributed by atoms with Gasteiger partial charge in [0, 0.05) is 5.02 Å². The van der Waals surface area contributed by atoms with Crippen molar-refractivity contribution >= 4 is 11.6 Å². The van der Waals surface area contributed by atoms with Gasteiger partial charge in [0.2, 0.25) is 5.88 Å². The number of aryl methyl sites for hydroxylation is 2. The van der Waals surface area contributed by atoms with Gasteiger partial charge in [-0.05, 0) is 50.1 Å². The second-order valence-electron chi connectivity index (χ2n) is 6.05. The van der Waals surface area contributed by atoms with Crippen LogP contribution in [0.1, 0.15) is 28.6 Å². The van der Waals surface area contributed by atoms with Gasteiger partial charge in [-0.3, -0.25) is 0 Å². The second kappa shape index (κ2) is 7.64. The normalized spacial score (nSPS) is 12.0. The number of rotatable bonds is 5. The first-order chi connectivity index (χ1) is 12.0. The summed E-state index contributed by atoms with van der Waals surface area (Å²) in [4.78, 5) is 8.94. The summed E-state index contributed by atoms with van der Waals surface area (Å²) in [6, 6.07) is 15.1. The van der Waals surface area contributed by atoms with E-state index in [0.717, 1.165) is 11.3 Å². The van der Waals surface area contributed by atoms with Gasteiger partial charge in [0.05, 0.1) is 17.9 Å².